The summed E-state index contributed by atoms with van der Waals surface area (Å²) in [5.41, 5.74) is 9.96. The van der Waals surface area contributed by atoms with E-state index in [0.29, 0.717) is 35.4 Å². The highest BCUT2D eigenvalue weighted by Gasteiger charge is 2.38. The molecule has 10 heteroatoms. The minimum atomic E-state index is -1.24. The number of rotatable bonds is 11. The molecule has 0 aliphatic heterocycles. The molecule has 1 fully saturated rings. The molecule has 222 valence electrons. The number of aliphatic hydroxyl groups is 2. The molecule has 3 heterocycles. The van der Waals surface area contributed by atoms with Gasteiger partial charge in [-0.3, -0.25) is 4.90 Å². The Bertz CT molecular complexity index is 1470. The molecule has 4 aromatic rings. The number of ether oxygens (including phenoxy) is 1. The van der Waals surface area contributed by atoms with Gasteiger partial charge in [0, 0.05) is 38.4 Å². The molecule has 0 radical (unpaired) electrons. The Morgan fingerprint density at radius 3 is 2.61 bits per heavy atom. The van der Waals surface area contributed by atoms with Crippen molar-refractivity contribution in [3.05, 3.63) is 48.2 Å². The zero-order valence-electron chi connectivity index (χ0n) is 25.1. The van der Waals surface area contributed by atoms with E-state index in [2.05, 4.69) is 72.7 Å². The van der Waals surface area contributed by atoms with Crippen LogP contribution in [0.1, 0.15) is 71.5 Å². The van der Waals surface area contributed by atoms with Crippen molar-refractivity contribution in [3.63, 3.8) is 0 Å². The van der Waals surface area contributed by atoms with Crippen molar-refractivity contribution in [2.24, 2.45) is 5.92 Å². The number of H-pyrrole nitrogens is 1. The van der Waals surface area contributed by atoms with E-state index in [-0.39, 0.29) is 11.5 Å². The predicted molar refractivity (Wildman–Crippen MR) is 161 cm³/mol. The summed E-state index contributed by atoms with van der Waals surface area (Å²) in [6, 6.07) is 8.96. The maximum Gasteiger partial charge on any atom is 0.160 e. The van der Waals surface area contributed by atoms with E-state index in [4.69, 9.17) is 15.5 Å². The summed E-state index contributed by atoms with van der Waals surface area (Å²) in [5, 5.41) is 22.9. The Hall–Kier alpha value is -3.05. The second kappa shape index (κ2) is 11.7. The van der Waals surface area contributed by atoms with Gasteiger partial charge in [0.15, 0.2) is 6.23 Å². The summed E-state index contributed by atoms with van der Waals surface area (Å²) in [5.74, 6) is 2.02. The number of nitrogen functional groups attached to an aromatic ring is 1. The third kappa shape index (κ3) is 6.11. The quantitative estimate of drug-likeness (QED) is 0.213. The molecule has 3 atom stereocenters. The molecule has 1 aromatic carbocycles. The first kappa shape index (κ1) is 29.4. The highest BCUT2D eigenvalue weighted by atomic mass is 16.5. The maximum absolute atomic E-state index is 11.2. The lowest BCUT2D eigenvalue weighted by atomic mass is 9.76. The van der Waals surface area contributed by atoms with Crippen LogP contribution in [0.2, 0.25) is 0 Å². The predicted octanol–water partition coefficient (Wildman–Crippen LogP) is 4.18. The molecule has 0 unspecified atom stereocenters. The van der Waals surface area contributed by atoms with Crippen LogP contribution in [-0.2, 0) is 16.6 Å². The van der Waals surface area contributed by atoms with Gasteiger partial charge in [0.1, 0.15) is 35.8 Å². The highest BCUT2D eigenvalue weighted by Crippen LogP contribution is 2.37. The second-order valence-electron chi connectivity index (χ2n) is 12.9. The fourth-order valence-electron chi connectivity index (χ4n) is 6.06. The van der Waals surface area contributed by atoms with E-state index in [0.717, 1.165) is 42.5 Å². The number of fused-ring (bicyclic) bond motifs is 2. The lowest BCUT2D eigenvalue weighted by Crippen LogP contribution is -2.53. The number of hydrogen-bond acceptors (Lipinski definition) is 8. The molecule has 1 saturated carbocycles. The monoisotopic (exact) mass is 563 g/mol. The summed E-state index contributed by atoms with van der Waals surface area (Å²) >= 11 is 0. The number of nitrogens with zero attached hydrogens (tertiary/aromatic N) is 5. The average molecular weight is 564 g/mol. The van der Waals surface area contributed by atoms with E-state index >= 15 is 0 Å². The van der Waals surface area contributed by atoms with Crippen molar-refractivity contribution in [2.75, 3.05) is 19.4 Å². The van der Waals surface area contributed by atoms with E-state index in [1.54, 1.807) is 19.4 Å². The van der Waals surface area contributed by atoms with Crippen molar-refractivity contribution >= 4 is 27.9 Å². The maximum atomic E-state index is 11.2. The molecule has 0 saturated heterocycles. The number of hydrogen-bond donors (Lipinski definition) is 4. The number of aryl methyl sites for hydroxylation is 1. The topological polar surface area (TPSA) is 138 Å². The molecular formula is C31H45N7O3. The highest BCUT2D eigenvalue weighted by molar-refractivity contribution is 5.86. The zero-order chi connectivity index (χ0) is 29.5. The lowest BCUT2D eigenvalue weighted by Gasteiger charge is -2.46. The Kier molecular flexibility index (Phi) is 8.39. The molecule has 0 amide bonds. The van der Waals surface area contributed by atoms with Crippen molar-refractivity contribution in [1.82, 2.24) is 29.4 Å². The largest absolute Gasteiger partial charge is 0.386 e. The fourth-order valence-corrected chi connectivity index (χ4v) is 6.06. The van der Waals surface area contributed by atoms with Crippen LogP contribution in [0, 0.1) is 5.92 Å². The van der Waals surface area contributed by atoms with Crippen LogP contribution in [0.25, 0.3) is 22.1 Å². The number of aromatic nitrogens is 5. The Labute approximate surface area is 242 Å². The summed E-state index contributed by atoms with van der Waals surface area (Å²) in [4.78, 5) is 19.0. The minimum Gasteiger partial charge on any atom is -0.386 e. The third-order valence-electron chi connectivity index (χ3n) is 8.74. The number of aliphatic hydroxyl groups excluding tert-OH is 2. The van der Waals surface area contributed by atoms with Crippen LogP contribution in [-0.4, -0.2) is 77.6 Å². The number of methoxy groups -OCH3 is 1. The van der Waals surface area contributed by atoms with Gasteiger partial charge in [0.25, 0.3) is 0 Å². The van der Waals surface area contributed by atoms with Gasteiger partial charge in [-0.1, -0.05) is 26.8 Å². The molecule has 1 aliphatic rings. The first-order chi connectivity index (χ1) is 19.5. The van der Waals surface area contributed by atoms with Crippen molar-refractivity contribution in [1.29, 1.82) is 0 Å². The van der Waals surface area contributed by atoms with E-state index in [9.17, 15) is 10.2 Å². The Morgan fingerprint density at radius 1 is 1.17 bits per heavy atom. The van der Waals surface area contributed by atoms with Crippen LogP contribution < -0.4 is 5.73 Å². The lowest BCUT2D eigenvalue weighted by molar-refractivity contribution is -0.119. The second-order valence-corrected chi connectivity index (χ2v) is 12.9. The number of aromatic amines is 1. The summed E-state index contributed by atoms with van der Waals surface area (Å²) in [6.07, 6.45) is 4.26. The van der Waals surface area contributed by atoms with Crippen LogP contribution in [0.3, 0.4) is 0 Å². The number of nitrogens with one attached hydrogen (secondary N) is 1. The van der Waals surface area contributed by atoms with Crippen LogP contribution in [0.5, 0.6) is 0 Å². The van der Waals surface area contributed by atoms with Gasteiger partial charge in [-0.2, -0.15) is 0 Å². The van der Waals surface area contributed by atoms with Crippen LogP contribution in [0.4, 0.5) is 5.82 Å². The van der Waals surface area contributed by atoms with Crippen molar-refractivity contribution in [3.8, 4) is 0 Å². The van der Waals surface area contributed by atoms with Gasteiger partial charge < -0.3 is 30.2 Å². The molecule has 3 aromatic heterocycles. The standard InChI is InChI=1S/C31H45N7O3/c1-18(2)38(16-25(41-6)27(39)30(40)37-12-11-22-28(32)33-17-34-29(22)37)21-13-19(14-21)7-10-26-35-23-9-8-20(31(3,4)5)15-24(23)36-26/h8-9,11-12,15,17-19,21,25,27,30,39-40H,7,10,13-14,16H2,1-6H3,(H,35,36)(H2,32,33,34)/t19-,21+,25-,27-,30-/m1/s1. The molecular weight excluding hydrogens is 518 g/mol. The van der Waals surface area contributed by atoms with Gasteiger partial charge >= 0.3 is 0 Å². The Morgan fingerprint density at radius 2 is 1.93 bits per heavy atom. The van der Waals surface area contributed by atoms with E-state index in [1.807, 2.05) is 0 Å². The van der Waals surface area contributed by atoms with Crippen molar-refractivity contribution in [2.45, 2.75) is 96.2 Å². The normalized spacial score (nSPS) is 20.1. The molecule has 10 nitrogen and oxygen atoms in total. The van der Waals surface area contributed by atoms with Gasteiger partial charge in [-0.05, 0) is 68.2 Å². The van der Waals surface area contributed by atoms with Gasteiger partial charge in [-0.25, -0.2) is 15.0 Å². The molecule has 41 heavy (non-hydrogen) atoms. The Balaban J connectivity index is 1.17. The first-order valence-electron chi connectivity index (χ1n) is 14.7. The van der Waals surface area contributed by atoms with Crippen LogP contribution >= 0.6 is 0 Å². The smallest absolute Gasteiger partial charge is 0.160 e. The number of imidazole rings is 1. The van der Waals surface area contributed by atoms with E-state index in [1.165, 1.54) is 16.5 Å². The molecule has 5 rings (SSSR count). The van der Waals surface area contributed by atoms with Crippen LogP contribution in [0.15, 0.2) is 36.8 Å². The number of benzene rings is 1. The molecule has 0 spiro atoms. The number of nitrogens with two attached hydrogens (primary N) is 1. The fraction of sp³-hybridized carbons (Fsp3) is 0.581. The molecule has 0 bridgehead atoms. The summed E-state index contributed by atoms with van der Waals surface area (Å²) in [6.45, 7) is 11.5. The summed E-state index contributed by atoms with van der Waals surface area (Å²) < 4.78 is 7.24. The average Bonchev–Trinajstić information content (AvgIpc) is 3.52. The van der Waals surface area contributed by atoms with Gasteiger partial charge in [0.2, 0.25) is 0 Å². The van der Waals surface area contributed by atoms with E-state index < -0.39 is 18.4 Å². The van der Waals surface area contributed by atoms with Crippen molar-refractivity contribution < 1.29 is 14.9 Å². The van der Waals surface area contributed by atoms with Gasteiger partial charge in [-0.15, -0.1) is 0 Å². The minimum absolute atomic E-state index is 0.104. The number of anilines is 1. The third-order valence-corrected chi connectivity index (χ3v) is 8.74. The molecule has 5 N–H and O–H groups in total. The molecule has 1 aliphatic carbocycles. The zero-order valence-corrected chi connectivity index (χ0v) is 25.1. The SMILES string of the molecule is CO[C@H](CN(C(C)C)[C@H]1C[C@@H](CCc2nc3cc(C(C)(C)C)ccc3[nH]2)C1)[C@@H](O)[C@@H](O)n1ccc2c(N)ncnc21. The first-order valence-corrected chi connectivity index (χ1v) is 14.7. The van der Waals surface area contributed by atoms with Gasteiger partial charge in [0.05, 0.1) is 16.4 Å². The summed E-state index contributed by atoms with van der Waals surface area (Å²) in [7, 11) is 1.58.